The molecule has 20 heavy (non-hydrogen) atoms. The second-order valence-corrected chi connectivity index (χ2v) is 10.7. The smallest absolute Gasteiger partial charge is 0.232 e. The quantitative estimate of drug-likeness (QED) is 0.848. The van der Waals surface area contributed by atoms with Gasteiger partial charge in [0.15, 0.2) is 0 Å². The number of benzene rings is 1. The van der Waals surface area contributed by atoms with Crippen LogP contribution in [0.5, 0.6) is 0 Å². The normalized spacial score (nSPS) is 18.2. The number of para-hydroxylation sites is 1. The minimum atomic E-state index is -3.28. The van der Waals surface area contributed by atoms with E-state index in [9.17, 15) is 8.42 Å². The van der Waals surface area contributed by atoms with Gasteiger partial charge in [-0.1, -0.05) is 18.2 Å². The van der Waals surface area contributed by atoms with E-state index in [1.165, 1.54) is 6.26 Å². The molecule has 0 bridgehead atoms. The van der Waals surface area contributed by atoms with Crippen molar-refractivity contribution < 1.29 is 8.42 Å². The molecule has 0 spiro atoms. The third-order valence-corrected chi connectivity index (χ3v) is 7.79. The first kappa shape index (κ1) is 16.0. The van der Waals surface area contributed by atoms with Crippen LogP contribution in [-0.2, 0) is 10.0 Å². The maximum absolute atomic E-state index is 12.3. The highest BCUT2D eigenvalue weighted by molar-refractivity contribution is 8.21. The minimum absolute atomic E-state index is 0.0577. The number of aryl methyl sites for hydroxylation is 2. The van der Waals surface area contributed by atoms with Gasteiger partial charge in [-0.3, -0.25) is 4.31 Å². The highest BCUT2D eigenvalue weighted by Gasteiger charge is 2.36. The summed E-state index contributed by atoms with van der Waals surface area (Å²) in [6, 6.07) is 5.91. The highest BCUT2D eigenvalue weighted by Crippen LogP contribution is 2.45. The minimum Gasteiger partial charge on any atom is -0.268 e. The summed E-state index contributed by atoms with van der Waals surface area (Å²) in [5.41, 5.74) is 2.85. The molecule has 2 rings (SSSR count). The van der Waals surface area contributed by atoms with Crippen LogP contribution in [0.25, 0.3) is 0 Å². The molecule has 1 saturated heterocycles. The van der Waals surface area contributed by atoms with Gasteiger partial charge in [0, 0.05) is 11.5 Å². The molecule has 0 aliphatic carbocycles. The van der Waals surface area contributed by atoms with Crippen LogP contribution in [-0.4, -0.2) is 36.8 Å². The Labute approximate surface area is 130 Å². The molecule has 1 aliphatic rings. The summed E-state index contributed by atoms with van der Waals surface area (Å²) in [6.07, 6.45) is 1.30. The molecular formula is C14H21NO2S3. The number of anilines is 1. The number of nitrogens with zero attached hydrogens (tertiary/aromatic N) is 1. The van der Waals surface area contributed by atoms with E-state index < -0.39 is 10.0 Å². The molecule has 1 aromatic carbocycles. The summed E-state index contributed by atoms with van der Waals surface area (Å²) in [4.78, 5) is 0. The van der Waals surface area contributed by atoms with Gasteiger partial charge in [-0.2, -0.15) is 0 Å². The fourth-order valence-electron chi connectivity index (χ4n) is 2.47. The van der Waals surface area contributed by atoms with Crippen molar-refractivity contribution in [2.24, 2.45) is 0 Å². The van der Waals surface area contributed by atoms with Gasteiger partial charge in [-0.05, 0) is 31.9 Å². The van der Waals surface area contributed by atoms with Crippen LogP contribution in [0.15, 0.2) is 18.2 Å². The van der Waals surface area contributed by atoms with Gasteiger partial charge < -0.3 is 0 Å². The fourth-order valence-corrected chi connectivity index (χ4v) is 6.55. The Kier molecular flexibility index (Phi) is 4.66. The zero-order valence-corrected chi connectivity index (χ0v) is 14.8. The van der Waals surface area contributed by atoms with E-state index in [0.717, 1.165) is 28.3 Å². The Morgan fingerprint density at radius 1 is 1.20 bits per heavy atom. The van der Waals surface area contributed by atoms with Gasteiger partial charge in [0.25, 0.3) is 0 Å². The Hall–Kier alpha value is -0.330. The van der Waals surface area contributed by atoms with Crippen LogP contribution in [0.4, 0.5) is 5.69 Å². The SMILES string of the molecule is Cc1cccc(C)c1N(CC1(C)SCCS1)S(C)(=O)=O. The number of hydrogen-bond donors (Lipinski definition) is 0. The monoisotopic (exact) mass is 331 g/mol. The third-order valence-electron chi connectivity index (χ3n) is 3.42. The molecule has 112 valence electrons. The number of sulfonamides is 1. The Bertz CT molecular complexity index is 572. The van der Waals surface area contributed by atoms with Crippen LogP contribution < -0.4 is 4.31 Å². The van der Waals surface area contributed by atoms with Crippen LogP contribution in [0.1, 0.15) is 18.1 Å². The van der Waals surface area contributed by atoms with Crippen molar-refractivity contribution in [1.29, 1.82) is 0 Å². The molecule has 0 saturated carbocycles. The van der Waals surface area contributed by atoms with Crippen LogP contribution in [0.2, 0.25) is 0 Å². The second kappa shape index (κ2) is 5.81. The van der Waals surface area contributed by atoms with Gasteiger partial charge in [0.1, 0.15) is 0 Å². The summed E-state index contributed by atoms with van der Waals surface area (Å²) in [5, 5.41) is 0. The molecule has 1 aromatic rings. The van der Waals surface area contributed by atoms with Crippen molar-refractivity contribution in [2.75, 3.05) is 28.6 Å². The zero-order valence-electron chi connectivity index (χ0n) is 12.3. The summed E-state index contributed by atoms with van der Waals surface area (Å²) in [6.45, 7) is 6.60. The van der Waals surface area contributed by atoms with Crippen LogP contribution >= 0.6 is 23.5 Å². The Balaban J connectivity index is 2.44. The van der Waals surface area contributed by atoms with Gasteiger partial charge in [-0.15, -0.1) is 23.5 Å². The van der Waals surface area contributed by atoms with E-state index in [1.807, 2.05) is 55.6 Å². The number of hydrogen-bond acceptors (Lipinski definition) is 4. The van der Waals surface area contributed by atoms with Gasteiger partial charge in [-0.25, -0.2) is 8.42 Å². The zero-order chi connectivity index (χ0) is 15.0. The summed E-state index contributed by atoms with van der Waals surface area (Å²) < 4.78 is 26.1. The van der Waals surface area contributed by atoms with Gasteiger partial charge in [0.05, 0.1) is 22.6 Å². The maximum atomic E-state index is 12.3. The topological polar surface area (TPSA) is 37.4 Å². The molecule has 0 amide bonds. The van der Waals surface area contributed by atoms with E-state index in [0.29, 0.717) is 6.54 Å². The van der Waals surface area contributed by atoms with Crippen LogP contribution in [0.3, 0.4) is 0 Å². The lowest BCUT2D eigenvalue weighted by molar-refractivity contribution is 0.595. The lowest BCUT2D eigenvalue weighted by Crippen LogP contribution is -2.40. The first-order valence-corrected chi connectivity index (χ1v) is 10.4. The van der Waals surface area contributed by atoms with Gasteiger partial charge in [0.2, 0.25) is 10.0 Å². The van der Waals surface area contributed by atoms with E-state index in [2.05, 4.69) is 6.92 Å². The molecule has 1 heterocycles. The molecule has 1 fully saturated rings. The molecule has 0 radical (unpaired) electrons. The van der Waals surface area contributed by atoms with Crippen molar-refractivity contribution in [3.05, 3.63) is 29.3 Å². The predicted molar refractivity (Wildman–Crippen MR) is 91.4 cm³/mol. The van der Waals surface area contributed by atoms with Crippen molar-refractivity contribution in [3.63, 3.8) is 0 Å². The van der Waals surface area contributed by atoms with Gasteiger partial charge >= 0.3 is 0 Å². The summed E-state index contributed by atoms with van der Waals surface area (Å²) in [7, 11) is -3.28. The first-order chi connectivity index (χ1) is 9.23. The summed E-state index contributed by atoms with van der Waals surface area (Å²) >= 11 is 3.70. The average molecular weight is 332 g/mol. The molecular weight excluding hydrogens is 310 g/mol. The van der Waals surface area contributed by atoms with E-state index in [1.54, 1.807) is 4.31 Å². The van der Waals surface area contributed by atoms with E-state index >= 15 is 0 Å². The standard InChI is InChI=1S/C14H21NO2S3/c1-11-6-5-7-12(2)13(11)15(20(4,16)17)10-14(3)18-8-9-19-14/h5-7H,8-10H2,1-4H3. The molecule has 0 N–H and O–H groups in total. The van der Waals surface area contributed by atoms with Crippen molar-refractivity contribution >= 4 is 39.2 Å². The number of thioether (sulfide) groups is 2. The Morgan fingerprint density at radius 3 is 2.15 bits per heavy atom. The Morgan fingerprint density at radius 2 is 1.70 bits per heavy atom. The second-order valence-electron chi connectivity index (χ2n) is 5.34. The largest absolute Gasteiger partial charge is 0.268 e. The molecule has 0 unspecified atom stereocenters. The highest BCUT2D eigenvalue weighted by atomic mass is 32.2. The van der Waals surface area contributed by atoms with Crippen molar-refractivity contribution in [2.45, 2.75) is 24.9 Å². The molecule has 1 aliphatic heterocycles. The average Bonchev–Trinajstić information content (AvgIpc) is 2.73. The van der Waals surface area contributed by atoms with E-state index in [4.69, 9.17) is 0 Å². The van der Waals surface area contributed by atoms with Crippen LogP contribution in [0, 0.1) is 13.8 Å². The van der Waals surface area contributed by atoms with Crippen molar-refractivity contribution in [1.82, 2.24) is 0 Å². The molecule has 0 aromatic heterocycles. The number of rotatable bonds is 4. The third kappa shape index (κ3) is 3.46. The molecule has 0 atom stereocenters. The fraction of sp³-hybridized carbons (Fsp3) is 0.571. The molecule has 3 nitrogen and oxygen atoms in total. The maximum Gasteiger partial charge on any atom is 0.232 e. The lowest BCUT2D eigenvalue weighted by atomic mass is 10.1. The summed E-state index contributed by atoms with van der Waals surface area (Å²) in [5.74, 6) is 2.18. The first-order valence-electron chi connectivity index (χ1n) is 6.55. The lowest BCUT2D eigenvalue weighted by Gasteiger charge is -2.33. The molecule has 6 heteroatoms. The van der Waals surface area contributed by atoms with E-state index in [-0.39, 0.29) is 4.08 Å². The van der Waals surface area contributed by atoms with Crippen molar-refractivity contribution in [3.8, 4) is 0 Å². The predicted octanol–water partition coefficient (Wildman–Crippen LogP) is 3.27.